The van der Waals surface area contributed by atoms with Gasteiger partial charge in [0.05, 0.1) is 5.69 Å². The molecule has 0 atom stereocenters. The van der Waals surface area contributed by atoms with Crippen LogP contribution >= 0.6 is 0 Å². The highest BCUT2D eigenvalue weighted by Gasteiger charge is 2.05. The van der Waals surface area contributed by atoms with E-state index in [2.05, 4.69) is 4.98 Å². The maximum Gasteiger partial charge on any atom is 0.150 e. The summed E-state index contributed by atoms with van der Waals surface area (Å²) in [4.78, 5) is 14.9. The van der Waals surface area contributed by atoms with Crippen LogP contribution in [0.25, 0.3) is 11.3 Å². The summed E-state index contributed by atoms with van der Waals surface area (Å²) in [5.41, 5.74) is 1.63. The van der Waals surface area contributed by atoms with Crippen molar-refractivity contribution >= 4 is 6.29 Å². The molecule has 1 aromatic carbocycles. The Morgan fingerprint density at radius 1 is 1.20 bits per heavy atom. The number of benzene rings is 1. The Balaban J connectivity index is 2.58. The van der Waals surface area contributed by atoms with E-state index in [0.717, 1.165) is 0 Å². The molecule has 74 valence electrons. The summed E-state index contributed by atoms with van der Waals surface area (Å²) in [5, 5.41) is 0. The first-order chi connectivity index (χ1) is 7.31. The molecule has 0 aliphatic heterocycles. The van der Waals surface area contributed by atoms with E-state index in [0.29, 0.717) is 23.1 Å². The number of halogens is 1. The van der Waals surface area contributed by atoms with Crippen molar-refractivity contribution < 1.29 is 9.18 Å². The minimum Gasteiger partial charge on any atom is -0.298 e. The number of hydrogen-bond acceptors (Lipinski definition) is 2. The third kappa shape index (κ3) is 1.91. The first-order valence-corrected chi connectivity index (χ1v) is 4.47. The van der Waals surface area contributed by atoms with Gasteiger partial charge in [0.15, 0.2) is 6.29 Å². The van der Waals surface area contributed by atoms with E-state index in [9.17, 15) is 9.18 Å². The van der Waals surface area contributed by atoms with E-state index >= 15 is 0 Å². The number of rotatable bonds is 2. The Bertz CT molecular complexity index is 482. The van der Waals surface area contributed by atoms with Crippen LogP contribution in [-0.4, -0.2) is 11.3 Å². The van der Waals surface area contributed by atoms with Crippen molar-refractivity contribution in [3.05, 3.63) is 54.0 Å². The molecule has 0 saturated carbocycles. The van der Waals surface area contributed by atoms with Gasteiger partial charge in [0.25, 0.3) is 0 Å². The van der Waals surface area contributed by atoms with Crippen molar-refractivity contribution in [3.63, 3.8) is 0 Å². The average Bonchev–Trinajstić information content (AvgIpc) is 2.30. The largest absolute Gasteiger partial charge is 0.298 e. The van der Waals surface area contributed by atoms with E-state index in [4.69, 9.17) is 0 Å². The summed E-state index contributed by atoms with van der Waals surface area (Å²) in [6.45, 7) is 0. The molecule has 0 aliphatic rings. The maximum absolute atomic E-state index is 12.9. The quantitative estimate of drug-likeness (QED) is 0.699. The van der Waals surface area contributed by atoms with Gasteiger partial charge >= 0.3 is 0 Å². The molecule has 2 aromatic rings. The molecule has 2 rings (SSSR count). The van der Waals surface area contributed by atoms with Gasteiger partial charge in [-0.2, -0.15) is 0 Å². The Kier molecular flexibility index (Phi) is 2.54. The first-order valence-electron chi connectivity index (χ1n) is 4.47. The van der Waals surface area contributed by atoms with Crippen LogP contribution in [0.4, 0.5) is 4.39 Å². The van der Waals surface area contributed by atoms with E-state index in [1.54, 1.807) is 24.4 Å². The number of pyridine rings is 1. The molecule has 0 fully saturated rings. The Morgan fingerprint density at radius 2 is 2.07 bits per heavy atom. The summed E-state index contributed by atoms with van der Waals surface area (Å²) < 4.78 is 12.9. The summed E-state index contributed by atoms with van der Waals surface area (Å²) in [6.07, 6.45) is 2.26. The van der Waals surface area contributed by atoms with Crippen LogP contribution in [0.3, 0.4) is 0 Å². The van der Waals surface area contributed by atoms with Crippen molar-refractivity contribution in [2.75, 3.05) is 0 Å². The van der Waals surface area contributed by atoms with Crippen molar-refractivity contribution in [2.45, 2.75) is 0 Å². The molecule has 0 aliphatic carbocycles. The molecular weight excluding hydrogens is 193 g/mol. The predicted molar refractivity (Wildman–Crippen MR) is 55.0 cm³/mol. The van der Waals surface area contributed by atoms with Crippen molar-refractivity contribution in [2.24, 2.45) is 0 Å². The first kappa shape index (κ1) is 9.52. The molecule has 0 unspecified atom stereocenters. The van der Waals surface area contributed by atoms with Gasteiger partial charge in [-0.25, -0.2) is 4.39 Å². The van der Waals surface area contributed by atoms with Crippen LogP contribution in [-0.2, 0) is 0 Å². The lowest BCUT2D eigenvalue weighted by molar-refractivity contribution is 0.112. The second-order valence-electron chi connectivity index (χ2n) is 3.06. The van der Waals surface area contributed by atoms with Crippen molar-refractivity contribution in [1.29, 1.82) is 0 Å². The zero-order valence-electron chi connectivity index (χ0n) is 7.85. The smallest absolute Gasteiger partial charge is 0.150 e. The molecule has 0 bridgehead atoms. The predicted octanol–water partition coefficient (Wildman–Crippen LogP) is 2.70. The summed E-state index contributed by atoms with van der Waals surface area (Å²) in [5.74, 6) is -0.420. The highest BCUT2D eigenvalue weighted by atomic mass is 19.1. The third-order valence-electron chi connectivity index (χ3n) is 2.08. The van der Waals surface area contributed by atoms with Gasteiger partial charge in [-0.3, -0.25) is 9.78 Å². The fourth-order valence-electron chi connectivity index (χ4n) is 1.39. The Labute approximate surface area is 86.4 Å². The summed E-state index contributed by atoms with van der Waals surface area (Å²) in [6, 6.07) is 9.46. The van der Waals surface area contributed by atoms with Gasteiger partial charge < -0.3 is 0 Å². The lowest BCUT2D eigenvalue weighted by Gasteiger charge is -2.03. The van der Waals surface area contributed by atoms with Gasteiger partial charge in [0.1, 0.15) is 5.82 Å². The minimum absolute atomic E-state index is 0.314. The van der Waals surface area contributed by atoms with Crippen LogP contribution < -0.4 is 0 Å². The molecule has 1 heterocycles. The number of hydrogen-bond donors (Lipinski definition) is 0. The standard InChI is InChI=1S/C12H8FNO/c13-10-4-5-11(9(7-10)8-15)12-3-1-2-6-14-12/h1-8H. The Hall–Kier alpha value is -2.03. The molecule has 0 saturated heterocycles. The monoisotopic (exact) mass is 201 g/mol. The summed E-state index contributed by atoms with van der Waals surface area (Å²) in [7, 11) is 0. The molecule has 15 heavy (non-hydrogen) atoms. The molecular formula is C12H8FNO. The lowest BCUT2D eigenvalue weighted by Crippen LogP contribution is -1.90. The van der Waals surface area contributed by atoms with Gasteiger partial charge in [0.2, 0.25) is 0 Å². The number of carbonyl (C=O) groups excluding carboxylic acids is 1. The van der Waals surface area contributed by atoms with Crippen LogP contribution in [0.15, 0.2) is 42.6 Å². The molecule has 0 amide bonds. The van der Waals surface area contributed by atoms with Gasteiger partial charge in [-0.05, 0) is 30.3 Å². The normalized spacial score (nSPS) is 9.93. The zero-order valence-corrected chi connectivity index (χ0v) is 7.85. The van der Waals surface area contributed by atoms with E-state index < -0.39 is 5.82 Å². The number of nitrogens with zero attached hydrogens (tertiary/aromatic N) is 1. The van der Waals surface area contributed by atoms with E-state index in [-0.39, 0.29) is 0 Å². The lowest BCUT2D eigenvalue weighted by atomic mass is 10.0. The number of aldehydes is 1. The second-order valence-corrected chi connectivity index (χ2v) is 3.06. The molecule has 2 nitrogen and oxygen atoms in total. The summed E-state index contributed by atoms with van der Waals surface area (Å²) >= 11 is 0. The second kappa shape index (κ2) is 4.00. The minimum atomic E-state index is -0.420. The number of aromatic nitrogens is 1. The SMILES string of the molecule is O=Cc1cc(F)ccc1-c1ccccn1. The van der Waals surface area contributed by atoms with Crippen molar-refractivity contribution in [1.82, 2.24) is 4.98 Å². The van der Waals surface area contributed by atoms with Crippen LogP contribution in [0.2, 0.25) is 0 Å². The fraction of sp³-hybridized carbons (Fsp3) is 0. The Morgan fingerprint density at radius 3 is 2.73 bits per heavy atom. The van der Waals surface area contributed by atoms with E-state index in [1.165, 1.54) is 12.1 Å². The van der Waals surface area contributed by atoms with Gasteiger partial charge in [-0.1, -0.05) is 6.07 Å². The average molecular weight is 201 g/mol. The molecule has 0 spiro atoms. The molecule has 0 radical (unpaired) electrons. The van der Waals surface area contributed by atoms with Crippen LogP contribution in [0.1, 0.15) is 10.4 Å². The number of carbonyl (C=O) groups is 1. The highest BCUT2D eigenvalue weighted by Crippen LogP contribution is 2.20. The van der Waals surface area contributed by atoms with Gasteiger partial charge in [-0.15, -0.1) is 0 Å². The maximum atomic E-state index is 12.9. The fourth-order valence-corrected chi connectivity index (χ4v) is 1.39. The highest BCUT2D eigenvalue weighted by molar-refractivity contribution is 5.86. The van der Waals surface area contributed by atoms with Crippen LogP contribution in [0, 0.1) is 5.82 Å². The zero-order chi connectivity index (χ0) is 10.7. The van der Waals surface area contributed by atoms with Crippen LogP contribution in [0.5, 0.6) is 0 Å². The topological polar surface area (TPSA) is 30.0 Å². The van der Waals surface area contributed by atoms with Crippen molar-refractivity contribution in [3.8, 4) is 11.3 Å². The third-order valence-corrected chi connectivity index (χ3v) is 2.08. The van der Waals surface area contributed by atoms with Gasteiger partial charge in [0, 0.05) is 17.3 Å². The molecule has 1 aromatic heterocycles. The molecule has 0 N–H and O–H groups in total. The molecule has 3 heteroatoms. The van der Waals surface area contributed by atoms with E-state index in [1.807, 2.05) is 6.07 Å².